The van der Waals surface area contributed by atoms with Gasteiger partial charge in [0.15, 0.2) is 0 Å². The Morgan fingerprint density at radius 2 is 2.05 bits per heavy atom. The monoisotopic (exact) mass is 287 g/mol. The van der Waals surface area contributed by atoms with Crippen molar-refractivity contribution < 1.29 is 9.13 Å². The number of amidine groups is 1. The zero-order valence-corrected chi connectivity index (χ0v) is 12.1. The Labute approximate surface area is 123 Å². The maximum atomic E-state index is 14.1. The normalized spacial score (nSPS) is 10.2. The summed E-state index contributed by atoms with van der Waals surface area (Å²) in [5.41, 5.74) is 7.22. The van der Waals surface area contributed by atoms with Crippen molar-refractivity contribution >= 4 is 11.5 Å². The average Bonchev–Trinajstić information content (AvgIpc) is 2.47. The Morgan fingerprint density at radius 3 is 2.67 bits per heavy atom. The van der Waals surface area contributed by atoms with Crippen molar-refractivity contribution in [3.05, 3.63) is 59.4 Å². The van der Waals surface area contributed by atoms with Gasteiger partial charge in [0.25, 0.3) is 0 Å². The average molecular weight is 287 g/mol. The van der Waals surface area contributed by atoms with Gasteiger partial charge >= 0.3 is 0 Å². The van der Waals surface area contributed by atoms with Gasteiger partial charge in [0, 0.05) is 19.2 Å². The van der Waals surface area contributed by atoms with Gasteiger partial charge < -0.3 is 15.4 Å². The smallest absolute Gasteiger partial charge is 0.147 e. The molecule has 3 N–H and O–H groups in total. The lowest BCUT2D eigenvalue weighted by molar-refractivity contribution is 0.414. The van der Waals surface area contributed by atoms with E-state index in [1.54, 1.807) is 24.1 Å². The Morgan fingerprint density at radius 1 is 1.29 bits per heavy atom. The SMILES string of the molecule is COc1cccc(CN(C)c2ccc(C(=N)N)cc2F)c1. The fraction of sp³-hybridized carbons (Fsp3) is 0.188. The van der Waals surface area contributed by atoms with Crippen molar-refractivity contribution in [1.29, 1.82) is 5.41 Å². The van der Waals surface area contributed by atoms with E-state index in [9.17, 15) is 4.39 Å². The minimum absolute atomic E-state index is 0.143. The molecule has 0 spiro atoms. The lowest BCUT2D eigenvalue weighted by Crippen LogP contribution is -2.18. The van der Waals surface area contributed by atoms with Crippen LogP contribution in [0.25, 0.3) is 0 Å². The van der Waals surface area contributed by atoms with Gasteiger partial charge in [-0.2, -0.15) is 0 Å². The lowest BCUT2D eigenvalue weighted by atomic mass is 10.1. The van der Waals surface area contributed by atoms with E-state index in [2.05, 4.69) is 0 Å². The van der Waals surface area contributed by atoms with Crippen LogP contribution in [0, 0.1) is 11.2 Å². The summed E-state index contributed by atoms with van der Waals surface area (Å²) in [4.78, 5) is 1.80. The third kappa shape index (κ3) is 3.51. The summed E-state index contributed by atoms with van der Waals surface area (Å²) in [5, 5.41) is 7.32. The first-order chi connectivity index (χ1) is 10.0. The van der Waals surface area contributed by atoms with E-state index in [0.717, 1.165) is 11.3 Å². The molecule has 0 aromatic heterocycles. The number of nitrogens with zero attached hydrogens (tertiary/aromatic N) is 1. The van der Waals surface area contributed by atoms with Crippen molar-refractivity contribution in [2.24, 2.45) is 5.73 Å². The van der Waals surface area contributed by atoms with E-state index in [0.29, 0.717) is 17.8 Å². The maximum absolute atomic E-state index is 14.1. The molecule has 110 valence electrons. The predicted octanol–water partition coefficient (Wildman–Crippen LogP) is 2.75. The Balaban J connectivity index is 2.19. The van der Waals surface area contributed by atoms with Crippen LogP contribution < -0.4 is 15.4 Å². The molecule has 0 aliphatic carbocycles. The molecule has 2 aromatic rings. The third-order valence-corrected chi connectivity index (χ3v) is 3.22. The van der Waals surface area contributed by atoms with Gasteiger partial charge in [0.05, 0.1) is 12.8 Å². The lowest BCUT2D eigenvalue weighted by Gasteiger charge is -2.20. The number of halogens is 1. The summed E-state index contributed by atoms with van der Waals surface area (Å²) < 4.78 is 19.3. The molecule has 0 atom stereocenters. The standard InChI is InChI=1S/C16H18FN3O/c1-20(10-11-4-3-5-13(8-11)21-2)15-7-6-12(16(18)19)9-14(15)17/h3-9H,10H2,1-2H3,(H3,18,19). The molecule has 5 heteroatoms. The van der Waals surface area contributed by atoms with Gasteiger partial charge in [0.1, 0.15) is 17.4 Å². The zero-order valence-electron chi connectivity index (χ0n) is 12.1. The third-order valence-electron chi connectivity index (χ3n) is 3.22. The number of ether oxygens (including phenoxy) is 1. The topological polar surface area (TPSA) is 62.3 Å². The van der Waals surface area contributed by atoms with E-state index in [-0.39, 0.29) is 5.84 Å². The second-order valence-electron chi connectivity index (χ2n) is 4.79. The van der Waals surface area contributed by atoms with Crippen molar-refractivity contribution in [1.82, 2.24) is 0 Å². The van der Waals surface area contributed by atoms with Crippen LogP contribution >= 0.6 is 0 Å². The number of anilines is 1. The Kier molecular flexibility index (Phi) is 4.42. The van der Waals surface area contributed by atoms with Gasteiger partial charge in [-0.3, -0.25) is 5.41 Å². The van der Waals surface area contributed by atoms with Crippen molar-refractivity contribution in [2.45, 2.75) is 6.54 Å². The Bertz CT molecular complexity index is 658. The molecule has 2 rings (SSSR count). The summed E-state index contributed by atoms with van der Waals surface area (Å²) in [7, 11) is 3.42. The second kappa shape index (κ2) is 6.26. The Hall–Kier alpha value is -2.56. The summed E-state index contributed by atoms with van der Waals surface area (Å²) in [5.74, 6) is 0.234. The zero-order chi connectivity index (χ0) is 15.4. The van der Waals surface area contributed by atoms with Gasteiger partial charge in [-0.15, -0.1) is 0 Å². The number of nitrogen functional groups attached to an aromatic ring is 1. The molecule has 0 radical (unpaired) electrons. The van der Waals surface area contributed by atoms with Crippen molar-refractivity contribution in [3.63, 3.8) is 0 Å². The first kappa shape index (κ1) is 14.8. The van der Waals surface area contributed by atoms with Gasteiger partial charge in [-0.25, -0.2) is 4.39 Å². The number of methoxy groups -OCH3 is 1. The molecule has 0 unspecified atom stereocenters. The number of hydrogen-bond acceptors (Lipinski definition) is 3. The maximum Gasteiger partial charge on any atom is 0.147 e. The van der Waals surface area contributed by atoms with Crippen LogP contribution in [0.1, 0.15) is 11.1 Å². The molecule has 0 saturated carbocycles. The molecule has 0 bridgehead atoms. The highest BCUT2D eigenvalue weighted by atomic mass is 19.1. The molecular formula is C16H18FN3O. The highest BCUT2D eigenvalue weighted by Gasteiger charge is 2.10. The summed E-state index contributed by atoms with van der Waals surface area (Å²) in [6, 6.07) is 12.2. The van der Waals surface area contributed by atoms with Crippen LogP contribution in [0.5, 0.6) is 5.75 Å². The quantitative estimate of drug-likeness (QED) is 0.656. The van der Waals surface area contributed by atoms with E-state index in [1.807, 2.05) is 31.3 Å². The second-order valence-corrected chi connectivity index (χ2v) is 4.79. The summed E-state index contributed by atoms with van der Waals surface area (Å²) in [6.07, 6.45) is 0. The number of hydrogen-bond donors (Lipinski definition) is 2. The van der Waals surface area contributed by atoms with E-state index in [4.69, 9.17) is 15.9 Å². The van der Waals surface area contributed by atoms with Crippen molar-refractivity contribution in [2.75, 3.05) is 19.1 Å². The highest BCUT2D eigenvalue weighted by molar-refractivity contribution is 5.95. The first-order valence-corrected chi connectivity index (χ1v) is 6.49. The minimum Gasteiger partial charge on any atom is -0.497 e. The molecule has 4 nitrogen and oxygen atoms in total. The van der Waals surface area contributed by atoms with E-state index < -0.39 is 5.82 Å². The minimum atomic E-state index is -0.395. The molecular weight excluding hydrogens is 269 g/mol. The molecule has 0 aliphatic rings. The van der Waals surface area contributed by atoms with E-state index >= 15 is 0 Å². The number of benzene rings is 2. The number of nitrogens with one attached hydrogen (secondary N) is 1. The van der Waals surface area contributed by atoms with Gasteiger partial charge in [-0.05, 0) is 35.9 Å². The van der Waals surface area contributed by atoms with Crippen LogP contribution in [0.15, 0.2) is 42.5 Å². The van der Waals surface area contributed by atoms with Gasteiger partial charge in [-0.1, -0.05) is 12.1 Å². The molecule has 2 aromatic carbocycles. The van der Waals surface area contributed by atoms with Gasteiger partial charge in [0.2, 0.25) is 0 Å². The van der Waals surface area contributed by atoms with Crippen LogP contribution in [0.4, 0.5) is 10.1 Å². The molecule has 0 fully saturated rings. The predicted molar refractivity (Wildman–Crippen MR) is 82.5 cm³/mol. The molecule has 0 saturated heterocycles. The number of nitrogens with two attached hydrogens (primary N) is 1. The van der Waals surface area contributed by atoms with Crippen LogP contribution in [0.2, 0.25) is 0 Å². The van der Waals surface area contributed by atoms with Crippen LogP contribution in [-0.4, -0.2) is 20.0 Å². The van der Waals surface area contributed by atoms with Crippen LogP contribution in [0.3, 0.4) is 0 Å². The van der Waals surface area contributed by atoms with Crippen molar-refractivity contribution in [3.8, 4) is 5.75 Å². The van der Waals surface area contributed by atoms with E-state index in [1.165, 1.54) is 6.07 Å². The largest absolute Gasteiger partial charge is 0.497 e. The summed E-state index contributed by atoms with van der Waals surface area (Å²) >= 11 is 0. The van der Waals surface area contributed by atoms with Crippen LogP contribution in [-0.2, 0) is 6.54 Å². The molecule has 21 heavy (non-hydrogen) atoms. The number of rotatable bonds is 5. The fourth-order valence-corrected chi connectivity index (χ4v) is 2.11. The first-order valence-electron chi connectivity index (χ1n) is 6.49. The highest BCUT2D eigenvalue weighted by Crippen LogP contribution is 2.22. The molecule has 0 heterocycles. The molecule has 0 aliphatic heterocycles. The summed E-state index contributed by atoms with van der Waals surface area (Å²) in [6.45, 7) is 0.549. The molecule has 0 amide bonds. The fourth-order valence-electron chi connectivity index (χ4n) is 2.11.